The van der Waals surface area contributed by atoms with Gasteiger partial charge in [0, 0.05) is 12.3 Å². The van der Waals surface area contributed by atoms with Crippen LogP contribution in [0.15, 0.2) is 52.3 Å². The zero-order valence-corrected chi connectivity index (χ0v) is 28.0. The number of H-pyrrole nitrogens is 1. The minimum atomic E-state index is -5.23. The molecular formula is C24H28N5Na2O10P. The molecule has 5 rings (SSSR count). The van der Waals surface area contributed by atoms with Crippen molar-refractivity contribution in [3.63, 3.8) is 0 Å². The van der Waals surface area contributed by atoms with Crippen molar-refractivity contribution in [3.8, 4) is 5.75 Å². The van der Waals surface area contributed by atoms with E-state index in [0.29, 0.717) is 5.75 Å². The molecule has 1 aliphatic carbocycles. The number of benzene rings is 1. The molecule has 216 valence electrons. The Morgan fingerprint density at radius 1 is 1.14 bits per heavy atom. The molecular weight excluding hydrogens is 595 g/mol. The predicted molar refractivity (Wildman–Crippen MR) is 132 cm³/mol. The molecule has 2 aliphatic rings. The third kappa shape index (κ3) is 8.30. The van der Waals surface area contributed by atoms with Gasteiger partial charge in [0.05, 0.1) is 25.5 Å². The molecule has 0 spiro atoms. The molecule has 18 heteroatoms. The van der Waals surface area contributed by atoms with Crippen molar-refractivity contribution in [1.29, 1.82) is 0 Å². The van der Waals surface area contributed by atoms with Crippen molar-refractivity contribution in [3.05, 3.63) is 74.8 Å². The van der Waals surface area contributed by atoms with Gasteiger partial charge in [-0.2, -0.15) is 0 Å². The summed E-state index contributed by atoms with van der Waals surface area (Å²) < 4.78 is 31.2. The van der Waals surface area contributed by atoms with Crippen LogP contribution < -0.4 is 84.9 Å². The summed E-state index contributed by atoms with van der Waals surface area (Å²) in [6, 6.07) is 7.40. The third-order valence-corrected chi connectivity index (χ3v) is 8.00. The van der Waals surface area contributed by atoms with Gasteiger partial charge in [-0.15, -0.1) is 5.10 Å². The summed E-state index contributed by atoms with van der Waals surface area (Å²) in [5.41, 5.74) is -1.07. The number of nitrogens with one attached hydrogen (secondary N) is 1. The second-order valence-corrected chi connectivity index (χ2v) is 11.3. The first-order valence-electron chi connectivity index (χ1n) is 12.7. The Balaban J connectivity index is 0.00000242. The molecule has 0 bridgehead atoms. The van der Waals surface area contributed by atoms with Gasteiger partial charge in [-0.1, -0.05) is 17.3 Å². The Bertz CT molecular complexity index is 1490. The van der Waals surface area contributed by atoms with Gasteiger partial charge in [-0.3, -0.25) is 14.3 Å². The Morgan fingerprint density at radius 2 is 1.88 bits per heavy atom. The molecule has 3 N–H and O–H groups in total. The fraction of sp³-hybridized carbons (Fsp3) is 0.500. The van der Waals surface area contributed by atoms with E-state index in [1.54, 1.807) is 12.1 Å². The predicted octanol–water partition coefficient (Wildman–Crippen LogP) is -7.25. The number of nitrogens with zero attached hydrogens (tertiary/aromatic N) is 4. The van der Waals surface area contributed by atoms with E-state index in [2.05, 4.69) is 10.3 Å². The summed E-state index contributed by atoms with van der Waals surface area (Å²) in [6.45, 7) is -0.420. The van der Waals surface area contributed by atoms with E-state index in [9.17, 15) is 34.2 Å². The van der Waals surface area contributed by atoms with Crippen molar-refractivity contribution < 1.29 is 97.9 Å². The fourth-order valence-corrected chi connectivity index (χ4v) is 5.86. The van der Waals surface area contributed by atoms with Gasteiger partial charge in [0.25, 0.3) is 5.56 Å². The molecule has 1 saturated carbocycles. The van der Waals surface area contributed by atoms with E-state index >= 15 is 0 Å². The summed E-state index contributed by atoms with van der Waals surface area (Å²) in [4.78, 5) is 49.8. The van der Waals surface area contributed by atoms with Crippen LogP contribution in [-0.2, 0) is 20.6 Å². The van der Waals surface area contributed by atoms with E-state index in [1.807, 2.05) is 4.98 Å². The van der Waals surface area contributed by atoms with Crippen molar-refractivity contribution in [2.24, 2.45) is 0 Å². The quantitative estimate of drug-likeness (QED) is 0.142. The average Bonchev–Trinajstić information content (AvgIpc) is 3.63. The molecule has 5 atom stereocenters. The topological polar surface area (TPSA) is 217 Å². The van der Waals surface area contributed by atoms with Crippen LogP contribution in [0.1, 0.15) is 49.0 Å². The number of aliphatic hydroxyl groups excluding tert-OH is 2. The zero-order chi connectivity index (χ0) is 28.4. The molecule has 1 aromatic carbocycles. The summed E-state index contributed by atoms with van der Waals surface area (Å²) in [6.07, 6.45) is 1.23. The second-order valence-electron chi connectivity index (χ2n) is 9.78. The standard InChI is InChI=1S/C24H30N5O10P.2Na/c30-19-8-9-28(24(33)25-19)22-21(32)20(31)18(39-22)13-37-12-15-11-29(27-26-15)23(40(34,35)36)14-4-3-7-17(10-14)38-16-5-1-2-6-16;;/h3-4,7-11,16,18,20-23,31-32H,1-2,5-6,12-13H2,(H,25,30,33)(H2,34,35,36);;/q;2*+1/p-2/t18-,20-,21-,22-,23?;;/m1../s1. The maximum absolute atomic E-state index is 12.2. The number of aliphatic hydroxyl groups is 2. The van der Waals surface area contributed by atoms with E-state index in [1.165, 1.54) is 18.3 Å². The van der Waals surface area contributed by atoms with E-state index < -0.39 is 49.2 Å². The molecule has 3 aromatic rings. The van der Waals surface area contributed by atoms with Crippen LogP contribution in [0, 0.1) is 0 Å². The largest absolute Gasteiger partial charge is 1.00 e. The number of aromatic amines is 1. The van der Waals surface area contributed by atoms with Gasteiger partial charge in [-0.05, 0) is 51.0 Å². The molecule has 1 aliphatic heterocycles. The van der Waals surface area contributed by atoms with E-state index in [0.717, 1.165) is 47.2 Å². The third-order valence-electron chi connectivity index (χ3n) is 6.86. The molecule has 42 heavy (non-hydrogen) atoms. The van der Waals surface area contributed by atoms with Crippen LogP contribution >= 0.6 is 7.60 Å². The Labute approximate surface area is 283 Å². The van der Waals surface area contributed by atoms with Gasteiger partial charge in [-0.25, -0.2) is 9.48 Å². The molecule has 0 amide bonds. The number of rotatable bonds is 10. The van der Waals surface area contributed by atoms with Crippen molar-refractivity contribution in [1.82, 2.24) is 24.5 Å². The number of hydrogen-bond acceptors (Lipinski definition) is 12. The average molecular weight is 623 g/mol. The minimum absolute atomic E-state index is 0. The first kappa shape index (κ1) is 35.3. The Hall–Kier alpha value is -1.17. The molecule has 1 saturated heterocycles. The van der Waals surface area contributed by atoms with E-state index in [-0.39, 0.29) is 89.7 Å². The SMILES string of the molecule is O=c1ccn([C@@H]2O[C@H](COCc3cn(C(c4cccc(OC5CCCC5)c4)P(=O)([O-])[O-])nn3)[C@@H](O)[C@H]2O)c(=O)[nH]1.[Na+].[Na+]. The van der Waals surface area contributed by atoms with Crippen LogP contribution in [0.4, 0.5) is 0 Å². The van der Waals surface area contributed by atoms with Crippen LogP contribution in [0.3, 0.4) is 0 Å². The van der Waals surface area contributed by atoms with Crippen LogP contribution in [-0.4, -0.2) is 65.8 Å². The number of hydrogen-bond donors (Lipinski definition) is 3. The first-order valence-corrected chi connectivity index (χ1v) is 14.3. The molecule has 3 heterocycles. The molecule has 2 aromatic heterocycles. The van der Waals surface area contributed by atoms with Gasteiger partial charge < -0.3 is 38.8 Å². The Morgan fingerprint density at radius 3 is 2.57 bits per heavy atom. The smallest absolute Gasteiger partial charge is 0.809 e. The van der Waals surface area contributed by atoms with Gasteiger partial charge in [0.15, 0.2) is 6.23 Å². The normalized spacial score (nSPS) is 23.2. The molecule has 1 unspecified atom stereocenters. The summed E-state index contributed by atoms with van der Waals surface area (Å²) in [7, 11) is -5.23. The monoisotopic (exact) mass is 623 g/mol. The van der Waals surface area contributed by atoms with Crippen LogP contribution in [0.5, 0.6) is 5.75 Å². The summed E-state index contributed by atoms with van der Waals surface area (Å²) in [5.74, 6) is -1.20. The Kier molecular flexibility index (Phi) is 12.8. The second kappa shape index (κ2) is 15.2. The van der Waals surface area contributed by atoms with Crippen LogP contribution in [0.2, 0.25) is 0 Å². The van der Waals surface area contributed by atoms with Crippen molar-refractivity contribution >= 4 is 7.60 Å². The first-order chi connectivity index (χ1) is 19.1. The van der Waals surface area contributed by atoms with Gasteiger partial charge in [0.2, 0.25) is 0 Å². The fourth-order valence-electron chi connectivity index (χ4n) is 4.93. The summed E-state index contributed by atoms with van der Waals surface area (Å²) in [5, 5.41) is 28.4. The minimum Gasteiger partial charge on any atom is -0.809 e. The summed E-state index contributed by atoms with van der Waals surface area (Å²) >= 11 is 0. The molecule has 2 fully saturated rings. The number of aromatic nitrogens is 5. The maximum Gasteiger partial charge on any atom is 1.00 e. The molecule has 0 radical (unpaired) electrons. The van der Waals surface area contributed by atoms with E-state index in [4.69, 9.17) is 14.2 Å². The molecule has 15 nitrogen and oxygen atoms in total. The maximum atomic E-state index is 12.2. The number of ether oxygens (including phenoxy) is 3. The van der Waals surface area contributed by atoms with Crippen LogP contribution in [0.25, 0.3) is 0 Å². The van der Waals surface area contributed by atoms with Gasteiger partial charge >= 0.3 is 64.8 Å². The van der Waals surface area contributed by atoms with Gasteiger partial charge in [0.1, 0.15) is 35.5 Å². The van der Waals surface area contributed by atoms with Crippen molar-refractivity contribution in [2.75, 3.05) is 6.61 Å². The zero-order valence-electron chi connectivity index (χ0n) is 23.1. The van der Waals surface area contributed by atoms with Crippen molar-refractivity contribution in [2.45, 2.75) is 68.7 Å².